The summed E-state index contributed by atoms with van der Waals surface area (Å²) in [7, 11) is 3.11. The van der Waals surface area contributed by atoms with Gasteiger partial charge in [0.1, 0.15) is 17.1 Å². The van der Waals surface area contributed by atoms with Crippen molar-refractivity contribution >= 4 is 51.2 Å². The van der Waals surface area contributed by atoms with E-state index in [-0.39, 0.29) is 5.57 Å². The lowest BCUT2D eigenvalue weighted by molar-refractivity contribution is -0.122. The van der Waals surface area contributed by atoms with Crippen LogP contribution in [0.15, 0.2) is 40.4 Å². The maximum Gasteiger partial charge on any atom is 0.335 e. The van der Waals surface area contributed by atoms with E-state index in [0.29, 0.717) is 28.3 Å². The molecule has 9 heteroatoms. The van der Waals surface area contributed by atoms with Crippen LogP contribution in [0.2, 0.25) is 0 Å². The number of carbonyl (C=O) groups is 3. The first-order chi connectivity index (χ1) is 15.8. The fraction of sp³-hybridized carbons (Fsp3) is 0.292. The summed E-state index contributed by atoms with van der Waals surface area (Å²) in [5.74, 6) is -0.363. The molecule has 2 aromatic carbocycles. The van der Waals surface area contributed by atoms with E-state index >= 15 is 0 Å². The van der Waals surface area contributed by atoms with Gasteiger partial charge in [0.25, 0.3) is 11.8 Å². The van der Waals surface area contributed by atoms with Crippen molar-refractivity contribution in [3.63, 3.8) is 0 Å². The first kappa shape index (κ1) is 22.8. The molecule has 2 fully saturated rings. The van der Waals surface area contributed by atoms with Crippen molar-refractivity contribution in [2.75, 3.05) is 37.1 Å². The number of barbiturate groups is 1. The quantitative estimate of drug-likeness (QED) is 0.479. The SMILES string of the molecule is COc1cc(N2CCCC2)c(OC)cc1/C=C1\C(=O)NC(=O)N(c2ccc(Br)cc2C)C1=O. The van der Waals surface area contributed by atoms with E-state index in [4.69, 9.17) is 9.47 Å². The van der Waals surface area contributed by atoms with Crippen LogP contribution >= 0.6 is 15.9 Å². The Kier molecular flexibility index (Phi) is 6.42. The van der Waals surface area contributed by atoms with E-state index in [1.54, 1.807) is 38.3 Å². The van der Waals surface area contributed by atoms with Crippen molar-refractivity contribution in [2.24, 2.45) is 0 Å². The average Bonchev–Trinajstić information content (AvgIpc) is 3.32. The number of benzene rings is 2. The number of carbonyl (C=O) groups excluding carboxylic acids is 3. The Bertz CT molecular complexity index is 1170. The zero-order valence-corrected chi connectivity index (χ0v) is 20.2. The molecular weight excluding hydrogens is 490 g/mol. The standard InChI is InChI=1S/C24H24BrN3O5/c1-14-10-16(25)6-7-18(14)28-23(30)17(22(29)26-24(28)31)11-15-12-21(33-3)19(13-20(15)32-2)27-8-4-5-9-27/h6-7,10-13H,4-5,8-9H2,1-3H3,(H,26,29,31)/b17-11+. The lowest BCUT2D eigenvalue weighted by Crippen LogP contribution is -2.54. The van der Waals surface area contributed by atoms with E-state index in [2.05, 4.69) is 26.1 Å². The van der Waals surface area contributed by atoms with Crippen LogP contribution in [0.1, 0.15) is 24.0 Å². The maximum atomic E-state index is 13.3. The molecule has 0 atom stereocenters. The monoisotopic (exact) mass is 513 g/mol. The van der Waals surface area contributed by atoms with Gasteiger partial charge in [-0.2, -0.15) is 0 Å². The minimum Gasteiger partial charge on any atom is -0.496 e. The van der Waals surface area contributed by atoms with E-state index in [9.17, 15) is 14.4 Å². The largest absolute Gasteiger partial charge is 0.496 e. The van der Waals surface area contributed by atoms with Crippen LogP contribution < -0.4 is 24.6 Å². The molecule has 2 saturated heterocycles. The number of amides is 4. The number of nitrogens with zero attached hydrogens (tertiary/aromatic N) is 2. The number of anilines is 2. The van der Waals surface area contributed by atoms with Gasteiger partial charge in [-0.1, -0.05) is 15.9 Å². The second kappa shape index (κ2) is 9.27. The van der Waals surface area contributed by atoms with Crippen molar-refractivity contribution in [2.45, 2.75) is 19.8 Å². The summed E-state index contributed by atoms with van der Waals surface area (Å²) in [5.41, 5.74) is 2.32. The summed E-state index contributed by atoms with van der Waals surface area (Å²) in [5, 5.41) is 2.26. The van der Waals surface area contributed by atoms with Gasteiger partial charge in [0.05, 0.1) is 25.6 Å². The van der Waals surface area contributed by atoms with Crippen molar-refractivity contribution in [3.05, 3.63) is 51.5 Å². The lowest BCUT2D eigenvalue weighted by Gasteiger charge is -2.28. The smallest absolute Gasteiger partial charge is 0.335 e. The molecule has 0 bridgehead atoms. The number of ether oxygens (including phenoxy) is 2. The molecule has 2 heterocycles. The van der Waals surface area contributed by atoms with E-state index in [0.717, 1.165) is 41.0 Å². The molecule has 0 saturated carbocycles. The number of aryl methyl sites for hydroxylation is 1. The van der Waals surface area contributed by atoms with E-state index in [1.807, 2.05) is 6.07 Å². The molecule has 1 N–H and O–H groups in total. The van der Waals surface area contributed by atoms with Gasteiger partial charge in [-0.15, -0.1) is 0 Å². The Balaban J connectivity index is 1.77. The van der Waals surface area contributed by atoms with Gasteiger partial charge >= 0.3 is 6.03 Å². The third kappa shape index (κ3) is 4.32. The summed E-state index contributed by atoms with van der Waals surface area (Å²) in [4.78, 5) is 41.7. The molecule has 33 heavy (non-hydrogen) atoms. The molecule has 4 rings (SSSR count). The lowest BCUT2D eigenvalue weighted by atomic mass is 10.0. The maximum absolute atomic E-state index is 13.3. The van der Waals surface area contributed by atoms with Crippen LogP contribution in [0.5, 0.6) is 11.5 Å². The highest BCUT2D eigenvalue weighted by Gasteiger charge is 2.37. The van der Waals surface area contributed by atoms with Crippen molar-refractivity contribution < 1.29 is 23.9 Å². The topological polar surface area (TPSA) is 88.2 Å². The van der Waals surface area contributed by atoms with Gasteiger partial charge < -0.3 is 14.4 Å². The molecular formula is C24H24BrN3O5. The highest BCUT2D eigenvalue weighted by atomic mass is 79.9. The molecule has 2 aliphatic heterocycles. The highest BCUT2D eigenvalue weighted by Crippen LogP contribution is 2.38. The van der Waals surface area contributed by atoms with E-state index in [1.165, 1.54) is 13.2 Å². The Morgan fingerprint density at radius 1 is 0.970 bits per heavy atom. The van der Waals surface area contributed by atoms with Gasteiger partial charge in [-0.05, 0) is 55.7 Å². The van der Waals surface area contributed by atoms with Crippen LogP contribution in [0.3, 0.4) is 0 Å². The van der Waals surface area contributed by atoms with Crippen LogP contribution in [-0.4, -0.2) is 45.2 Å². The average molecular weight is 514 g/mol. The molecule has 0 aliphatic carbocycles. The molecule has 0 unspecified atom stereocenters. The number of urea groups is 1. The summed E-state index contributed by atoms with van der Waals surface area (Å²) >= 11 is 3.38. The van der Waals surface area contributed by atoms with Crippen LogP contribution in [-0.2, 0) is 9.59 Å². The summed E-state index contributed by atoms with van der Waals surface area (Å²) in [6, 6.07) is 7.98. The second-order valence-electron chi connectivity index (χ2n) is 7.85. The predicted molar refractivity (Wildman–Crippen MR) is 129 cm³/mol. The summed E-state index contributed by atoms with van der Waals surface area (Å²) in [6.45, 7) is 3.63. The number of methoxy groups -OCH3 is 2. The zero-order chi connectivity index (χ0) is 23.7. The third-order valence-electron chi connectivity index (χ3n) is 5.78. The normalized spacial score (nSPS) is 17.6. The molecule has 0 radical (unpaired) electrons. The third-order valence-corrected chi connectivity index (χ3v) is 6.27. The fourth-order valence-electron chi connectivity index (χ4n) is 4.12. The first-order valence-electron chi connectivity index (χ1n) is 10.5. The molecule has 2 aromatic rings. The Labute approximate surface area is 200 Å². The molecule has 172 valence electrons. The second-order valence-corrected chi connectivity index (χ2v) is 8.76. The Morgan fingerprint density at radius 3 is 2.30 bits per heavy atom. The van der Waals surface area contributed by atoms with Crippen LogP contribution in [0, 0.1) is 6.92 Å². The summed E-state index contributed by atoms with van der Waals surface area (Å²) < 4.78 is 12.0. The number of nitrogens with one attached hydrogen (secondary N) is 1. The number of halogens is 1. The van der Waals surface area contributed by atoms with Crippen LogP contribution in [0.4, 0.5) is 16.2 Å². The van der Waals surface area contributed by atoms with Crippen molar-refractivity contribution in [1.29, 1.82) is 0 Å². The summed E-state index contributed by atoms with van der Waals surface area (Å²) in [6.07, 6.45) is 3.64. The van der Waals surface area contributed by atoms with Crippen molar-refractivity contribution in [1.82, 2.24) is 5.32 Å². The molecule has 0 aromatic heterocycles. The molecule has 0 spiro atoms. The van der Waals surface area contributed by atoms with Gasteiger partial charge in [0, 0.05) is 29.2 Å². The number of imide groups is 2. The number of rotatable bonds is 5. The van der Waals surface area contributed by atoms with Gasteiger partial charge in [0.2, 0.25) is 0 Å². The van der Waals surface area contributed by atoms with Gasteiger partial charge in [-0.25, -0.2) is 9.69 Å². The first-order valence-corrected chi connectivity index (χ1v) is 11.3. The number of hydrogen-bond donors (Lipinski definition) is 1. The minimum absolute atomic E-state index is 0.175. The Morgan fingerprint density at radius 2 is 1.67 bits per heavy atom. The molecule has 4 amide bonds. The molecule has 2 aliphatic rings. The zero-order valence-electron chi connectivity index (χ0n) is 18.6. The van der Waals surface area contributed by atoms with Gasteiger partial charge in [0.15, 0.2) is 0 Å². The van der Waals surface area contributed by atoms with Crippen LogP contribution in [0.25, 0.3) is 6.08 Å². The Hall–Kier alpha value is -3.33. The van der Waals surface area contributed by atoms with Gasteiger partial charge in [-0.3, -0.25) is 14.9 Å². The van der Waals surface area contributed by atoms with E-state index < -0.39 is 17.8 Å². The highest BCUT2D eigenvalue weighted by molar-refractivity contribution is 9.10. The van der Waals surface area contributed by atoms with Crippen molar-refractivity contribution in [3.8, 4) is 11.5 Å². The molecule has 8 nitrogen and oxygen atoms in total. The predicted octanol–water partition coefficient (Wildman–Crippen LogP) is 4.04. The minimum atomic E-state index is -0.790. The fourth-order valence-corrected chi connectivity index (χ4v) is 4.60. The number of hydrogen-bond acceptors (Lipinski definition) is 6.